The van der Waals surface area contributed by atoms with Crippen LogP contribution < -0.4 is 16.4 Å². The summed E-state index contributed by atoms with van der Waals surface area (Å²) in [5, 5.41) is 5.15. The van der Waals surface area contributed by atoms with E-state index in [0.717, 1.165) is 26.1 Å². The van der Waals surface area contributed by atoms with Crippen LogP contribution in [0.4, 0.5) is 0 Å². The van der Waals surface area contributed by atoms with Gasteiger partial charge in [0.2, 0.25) is 11.8 Å². The number of hydrogen-bond acceptors (Lipinski definition) is 4. The molecule has 0 spiro atoms. The average Bonchev–Trinajstić information content (AvgIpc) is 2.79. The zero-order valence-corrected chi connectivity index (χ0v) is 9.33. The van der Waals surface area contributed by atoms with Gasteiger partial charge in [-0.2, -0.15) is 0 Å². The van der Waals surface area contributed by atoms with Crippen molar-refractivity contribution in [2.24, 2.45) is 11.7 Å². The van der Waals surface area contributed by atoms with Gasteiger partial charge in [-0.1, -0.05) is 0 Å². The number of rotatable bonds is 6. The minimum Gasteiger partial charge on any atom is -0.381 e. The Kier molecular flexibility index (Phi) is 5.81. The van der Waals surface area contributed by atoms with Crippen LogP contribution in [-0.4, -0.2) is 44.7 Å². The van der Waals surface area contributed by atoms with E-state index in [2.05, 4.69) is 10.6 Å². The summed E-state index contributed by atoms with van der Waals surface area (Å²) in [5.74, 6) is 0.0546. The summed E-state index contributed by atoms with van der Waals surface area (Å²) in [6.07, 6.45) is 2.00. The summed E-state index contributed by atoms with van der Waals surface area (Å²) in [4.78, 5) is 22.0. The molecule has 1 heterocycles. The van der Waals surface area contributed by atoms with Gasteiger partial charge in [0.05, 0.1) is 13.1 Å². The van der Waals surface area contributed by atoms with Crippen LogP contribution in [0.5, 0.6) is 0 Å². The van der Waals surface area contributed by atoms with E-state index in [1.54, 1.807) is 0 Å². The molecule has 0 aliphatic carbocycles. The Hall–Kier alpha value is -1.14. The lowest BCUT2D eigenvalue weighted by atomic mass is 10.1. The normalized spacial score (nSPS) is 19.4. The molecular formula is C10H19N3O3. The second-order valence-electron chi connectivity index (χ2n) is 3.85. The quantitative estimate of drug-likeness (QED) is 0.522. The molecule has 0 radical (unpaired) electrons. The molecule has 0 aromatic rings. The largest absolute Gasteiger partial charge is 0.381 e. The van der Waals surface area contributed by atoms with Crippen molar-refractivity contribution in [1.29, 1.82) is 0 Å². The molecule has 6 heteroatoms. The SMILES string of the molecule is NCC(=O)NCC(=O)NCCC1CCOC1. The summed E-state index contributed by atoms with van der Waals surface area (Å²) in [6.45, 7) is 2.15. The zero-order valence-electron chi connectivity index (χ0n) is 9.33. The van der Waals surface area contributed by atoms with Gasteiger partial charge >= 0.3 is 0 Å². The van der Waals surface area contributed by atoms with Gasteiger partial charge in [-0.15, -0.1) is 0 Å². The van der Waals surface area contributed by atoms with Gasteiger partial charge < -0.3 is 21.1 Å². The monoisotopic (exact) mass is 229 g/mol. The summed E-state index contributed by atoms with van der Waals surface area (Å²) >= 11 is 0. The average molecular weight is 229 g/mol. The van der Waals surface area contributed by atoms with Crippen molar-refractivity contribution < 1.29 is 14.3 Å². The van der Waals surface area contributed by atoms with Crippen molar-refractivity contribution in [3.63, 3.8) is 0 Å². The predicted octanol–water partition coefficient (Wildman–Crippen LogP) is -1.40. The van der Waals surface area contributed by atoms with Gasteiger partial charge in [-0.05, 0) is 18.8 Å². The smallest absolute Gasteiger partial charge is 0.239 e. The van der Waals surface area contributed by atoms with E-state index >= 15 is 0 Å². The number of nitrogens with one attached hydrogen (secondary N) is 2. The van der Waals surface area contributed by atoms with Gasteiger partial charge in [0.25, 0.3) is 0 Å². The number of carbonyl (C=O) groups excluding carboxylic acids is 2. The van der Waals surface area contributed by atoms with E-state index in [1.165, 1.54) is 0 Å². The van der Waals surface area contributed by atoms with Crippen LogP contribution in [0.1, 0.15) is 12.8 Å². The predicted molar refractivity (Wildman–Crippen MR) is 58.6 cm³/mol. The maximum atomic E-state index is 11.2. The number of hydrogen-bond donors (Lipinski definition) is 3. The Balaban J connectivity index is 1.99. The molecule has 0 saturated carbocycles. The molecule has 1 saturated heterocycles. The van der Waals surface area contributed by atoms with Crippen molar-refractivity contribution in [1.82, 2.24) is 10.6 Å². The Morgan fingerprint density at radius 3 is 2.75 bits per heavy atom. The molecule has 1 rings (SSSR count). The molecular weight excluding hydrogens is 210 g/mol. The molecule has 1 unspecified atom stereocenters. The van der Waals surface area contributed by atoms with E-state index in [0.29, 0.717) is 12.5 Å². The van der Waals surface area contributed by atoms with Crippen LogP contribution in [0.15, 0.2) is 0 Å². The van der Waals surface area contributed by atoms with Crippen LogP contribution >= 0.6 is 0 Å². The Labute approximate surface area is 94.9 Å². The Morgan fingerprint density at radius 2 is 2.12 bits per heavy atom. The number of carbonyl (C=O) groups is 2. The fourth-order valence-electron chi connectivity index (χ4n) is 1.54. The van der Waals surface area contributed by atoms with Gasteiger partial charge in [-0.25, -0.2) is 0 Å². The summed E-state index contributed by atoms with van der Waals surface area (Å²) in [6, 6.07) is 0. The minimum atomic E-state index is -0.320. The highest BCUT2D eigenvalue weighted by atomic mass is 16.5. The molecule has 1 atom stereocenters. The maximum absolute atomic E-state index is 11.2. The second kappa shape index (κ2) is 7.19. The van der Waals surface area contributed by atoms with E-state index in [4.69, 9.17) is 10.5 Å². The summed E-state index contributed by atoms with van der Waals surface area (Å²) in [7, 11) is 0. The molecule has 2 amide bonds. The summed E-state index contributed by atoms with van der Waals surface area (Å²) < 4.78 is 5.22. The van der Waals surface area contributed by atoms with E-state index < -0.39 is 0 Å². The fourth-order valence-corrected chi connectivity index (χ4v) is 1.54. The van der Waals surface area contributed by atoms with Crippen molar-refractivity contribution in [3.05, 3.63) is 0 Å². The fraction of sp³-hybridized carbons (Fsp3) is 0.800. The Bertz CT molecular complexity index is 239. The van der Waals surface area contributed by atoms with E-state index in [-0.39, 0.29) is 24.9 Å². The number of ether oxygens (including phenoxy) is 1. The van der Waals surface area contributed by atoms with Crippen molar-refractivity contribution in [3.8, 4) is 0 Å². The standard InChI is InChI=1S/C10H19N3O3/c11-5-9(14)13-6-10(15)12-3-1-8-2-4-16-7-8/h8H,1-7,11H2,(H,12,15)(H,13,14). The summed E-state index contributed by atoms with van der Waals surface area (Å²) in [5.41, 5.74) is 5.08. The first-order valence-corrected chi connectivity index (χ1v) is 5.53. The van der Waals surface area contributed by atoms with Crippen LogP contribution in [0, 0.1) is 5.92 Å². The molecule has 1 fully saturated rings. The van der Waals surface area contributed by atoms with Gasteiger partial charge in [0, 0.05) is 19.8 Å². The minimum absolute atomic E-state index is 0.00278. The first-order valence-electron chi connectivity index (χ1n) is 5.53. The number of nitrogens with two attached hydrogens (primary N) is 1. The van der Waals surface area contributed by atoms with E-state index in [9.17, 15) is 9.59 Å². The Morgan fingerprint density at radius 1 is 1.31 bits per heavy atom. The molecule has 0 aromatic carbocycles. The molecule has 0 bridgehead atoms. The highest BCUT2D eigenvalue weighted by Gasteiger charge is 2.15. The van der Waals surface area contributed by atoms with Crippen LogP contribution in [-0.2, 0) is 14.3 Å². The molecule has 1 aliphatic heterocycles. The first-order chi connectivity index (χ1) is 7.72. The molecule has 16 heavy (non-hydrogen) atoms. The molecule has 6 nitrogen and oxygen atoms in total. The van der Waals surface area contributed by atoms with Crippen molar-refractivity contribution >= 4 is 11.8 Å². The van der Waals surface area contributed by atoms with Crippen molar-refractivity contribution in [2.75, 3.05) is 32.8 Å². The topological polar surface area (TPSA) is 93.5 Å². The third-order valence-corrected chi connectivity index (χ3v) is 2.53. The highest BCUT2D eigenvalue weighted by Crippen LogP contribution is 2.14. The molecule has 1 aliphatic rings. The first kappa shape index (κ1) is 12.9. The zero-order chi connectivity index (χ0) is 11.8. The third-order valence-electron chi connectivity index (χ3n) is 2.53. The maximum Gasteiger partial charge on any atom is 0.239 e. The van der Waals surface area contributed by atoms with Gasteiger partial charge in [-0.3, -0.25) is 9.59 Å². The van der Waals surface area contributed by atoms with Crippen LogP contribution in [0.25, 0.3) is 0 Å². The molecule has 4 N–H and O–H groups in total. The van der Waals surface area contributed by atoms with Crippen LogP contribution in [0.3, 0.4) is 0 Å². The van der Waals surface area contributed by atoms with E-state index in [1.807, 2.05) is 0 Å². The highest BCUT2D eigenvalue weighted by molar-refractivity contribution is 5.85. The third kappa shape index (κ3) is 5.09. The molecule has 0 aromatic heterocycles. The second-order valence-corrected chi connectivity index (χ2v) is 3.85. The lowest BCUT2D eigenvalue weighted by Crippen LogP contribution is -2.40. The lowest BCUT2D eigenvalue weighted by molar-refractivity contribution is -0.125. The molecule has 92 valence electrons. The van der Waals surface area contributed by atoms with Gasteiger partial charge in [0.15, 0.2) is 0 Å². The number of amides is 2. The van der Waals surface area contributed by atoms with Gasteiger partial charge in [0.1, 0.15) is 0 Å². The van der Waals surface area contributed by atoms with Crippen molar-refractivity contribution in [2.45, 2.75) is 12.8 Å². The lowest BCUT2D eigenvalue weighted by Gasteiger charge is -2.09. The van der Waals surface area contributed by atoms with Crippen LogP contribution in [0.2, 0.25) is 0 Å².